The number of halogens is 1. The number of rotatable bonds is 6. The molecule has 108 valence electrons. The molecule has 2 nitrogen and oxygen atoms in total. The Hall–Kier alpha value is -1.03. The first-order valence-electron chi connectivity index (χ1n) is 6.78. The maximum absolute atomic E-state index is 5.95. The molecule has 0 radical (unpaired) electrons. The van der Waals surface area contributed by atoms with Gasteiger partial charge in [-0.1, -0.05) is 18.5 Å². The summed E-state index contributed by atoms with van der Waals surface area (Å²) in [5, 5.41) is 4.09. The zero-order valence-corrected chi connectivity index (χ0v) is 13.7. The number of ether oxygens (including phenoxy) is 1. The van der Waals surface area contributed by atoms with Crippen LogP contribution in [0.15, 0.2) is 24.3 Å². The Bertz CT molecular complexity index is 580. The van der Waals surface area contributed by atoms with E-state index in [0.29, 0.717) is 6.61 Å². The SMILES string of the molecule is CCNCc1cc(COc2ccc(Cl)cc2C)c(C)s1. The van der Waals surface area contributed by atoms with Gasteiger partial charge in [0.25, 0.3) is 0 Å². The highest BCUT2D eigenvalue weighted by Crippen LogP contribution is 2.26. The van der Waals surface area contributed by atoms with Crippen molar-refractivity contribution in [1.82, 2.24) is 5.32 Å². The van der Waals surface area contributed by atoms with E-state index >= 15 is 0 Å². The van der Waals surface area contributed by atoms with Gasteiger partial charge in [0.2, 0.25) is 0 Å². The lowest BCUT2D eigenvalue weighted by Gasteiger charge is -2.09. The fourth-order valence-electron chi connectivity index (χ4n) is 2.00. The monoisotopic (exact) mass is 309 g/mol. The highest BCUT2D eigenvalue weighted by Gasteiger charge is 2.07. The Balaban J connectivity index is 2.01. The Morgan fingerprint density at radius 3 is 2.75 bits per heavy atom. The molecule has 1 heterocycles. The van der Waals surface area contributed by atoms with Gasteiger partial charge in [0.05, 0.1) is 0 Å². The van der Waals surface area contributed by atoms with Crippen LogP contribution < -0.4 is 10.1 Å². The number of hydrogen-bond acceptors (Lipinski definition) is 3. The van der Waals surface area contributed by atoms with Crippen molar-refractivity contribution in [3.8, 4) is 5.75 Å². The van der Waals surface area contributed by atoms with Crippen LogP contribution >= 0.6 is 22.9 Å². The maximum atomic E-state index is 5.95. The molecule has 1 aromatic carbocycles. The van der Waals surface area contributed by atoms with E-state index in [0.717, 1.165) is 29.4 Å². The fraction of sp³-hybridized carbons (Fsp3) is 0.375. The molecule has 0 atom stereocenters. The van der Waals surface area contributed by atoms with Gasteiger partial charge in [0, 0.05) is 26.9 Å². The third kappa shape index (κ3) is 3.98. The summed E-state index contributed by atoms with van der Waals surface area (Å²) in [5.41, 5.74) is 2.33. The van der Waals surface area contributed by atoms with Crippen molar-refractivity contribution in [2.45, 2.75) is 33.9 Å². The van der Waals surface area contributed by atoms with Gasteiger partial charge in [-0.25, -0.2) is 0 Å². The molecule has 20 heavy (non-hydrogen) atoms. The van der Waals surface area contributed by atoms with E-state index in [9.17, 15) is 0 Å². The zero-order valence-electron chi connectivity index (χ0n) is 12.1. The molecule has 1 N–H and O–H groups in total. The van der Waals surface area contributed by atoms with Crippen LogP contribution in [0.2, 0.25) is 5.02 Å². The van der Waals surface area contributed by atoms with Crippen molar-refractivity contribution in [2.24, 2.45) is 0 Å². The third-order valence-corrected chi connectivity index (χ3v) is 4.47. The summed E-state index contributed by atoms with van der Waals surface area (Å²) < 4.78 is 5.90. The minimum absolute atomic E-state index is 0.608. The summed E-state index contributed by atoms with van der Waals surface area (Å²) >= 11 is 7.78. The maximum Gasteiger partial charge on any atom is 0.122 e. The molecule has 2 rings (SSSR count). The van der Waals surface area contributed by atoms with Gasteiger partial charge in [-0.3, -0.25) is 0 Å². The van der Waals surface area contributed by atoms with E-state index in [1.807, 2.05) is 36.5 Å². The molecule has 0 saturated heterocycles. The van der Waals surface area contributed by atoms with Crippen molar-refractivity contribution in [3.63, 3.8) is 0 Å². The number of benzene rings is 1. The number of aryl methyl sites for hydroxylation is 2. The Morgan fingerprint density at radius 2 is 2.05 bits per heavy atom. The van der Waals surface area contributed by atoms with Crippen LogP contribution in [0.4, 0.5) is 0 Å². The van der Waals surface area contributed by atoms with E-state index in [1.54, 1.807) is 0 Å². The van der Waals surface area contributed by atoms with Crippen LogP contribution in [-0.2, 0) is 13.2 Å². The topological polar surface area (TPSA) is 21.3 Å². The Labute approximate surface area is 129 Å². The van der Waals surface area contributed by atoms with Gasteiger partial charge in [-0.15, -0.1) is 11.3 Å². The van der Waals surface area contributed by atoms with Crippen LogP contribution in [0, 0.1) is 13.8 Å². The molecule has 0 fully saturated rings. The van der Waals surface area contributed by atoms with Crippen molar-refractivity contribution in [3.05, 3.63) is 50.2 Å². The van der Waals surface area contributed by atoms with Gasteiger partial charge in [-0.05, 0) is 50.2 Å². The number of hydrogen-bond donors (Lipinski definition) is 1. The first-order chi connectivity index (χ1) is 9.60. The van der Waals surface area contributed by atoms with Gasteiger partial charge in [0.15, 0.2) is 0 Å². The largest absolute Gasteiger partial charge is 0.489 e. The molecule has 4 heteroatoms. The van der Waals surface area contributed by atoms with Crippen molar-refractivity contribution >= 4 is 22.9 Å². The second-order valence-electron chi connectivity index (χ2n) is 4.77. The minimum atomic E-state index is 0.608. The van der Waals surface area contributed by atoms with Crippen LogP contribution in [0.25, 0.3) is 0 Å². The van der Waals surface area contributed by atoms with Gasteiger partial charge in [0.1, 0.15) is 12.4 Å². The lowest BCUT2D eigenvalue weighted by Crippen LogP contribution is -2.10. The summed E-state index contributed by atoms with van der Waals surface area (Å²) in [6, 6.07) is 7.95. The zero-order chi connectivity index (χ0) is 14.5. The average molecular weight is 310 g/mol. The van der Waals surface area contributed by atoms with E-state index < -0.39 is 0 Å². The normalized spacial score (nSPS) is 10.8. The molecule has 0 bridgehead atoms. The molecule has 0 spiro atoms. The number of thiophene rings is 1. The van der Waals surface area contributed by atoms with E-state index in [4.69, 9.17) is 16.3 Å². The summed E-state index contributed by atoms with van der Waals surface area (Å²) in [7, 11) is 0. The van der Waals surface area contributed by atoms with Crippen LogP contribution in [0.1, 0.15) is 27.8 Å². The third-order valence-electron chi connectivity index (χ3n) is 3.14. The second-order valence-corrected chi connectivity index (χ2v) is 6.55. The minimum Gasteiger partial charge on any atom is -0.489 e. The lowest BCUT2D eigenvalue weighted by atomic mass is 10.2. The van der Waals surface area contributed by atoms with Crippen LogP contribution in [0.3, 0.4) is 0 Å². The Kier molecular flexibility index (Phi) is 5.46. The molecular formula is C16H20ClNOS. The first-order valence-corrected chi connectivity index (χ1v) is 7.97. The lowest BCUT2D eigenvalue weighted by molar-refractivity contribution is 0.304. The van der Waals surface area contributed by atoms with Gasteiger partial charge >= 0.3 is 0 Å². The highest BCUT2D eigenvalue weighted by molar-refractivity contribution is 7.12. The highest BCUT2D eigenvalue weighted by atomic mass is 35.5. The quantitative estimate of drug-likeness (QED) is 0.834. The number of nitrogens with one attached hydrogen (secondary N) is 1. The summed E-state index contributed by atoms with van der Waals surface area (Å²) in [4.78, 5) is 2.68. The molecule has 0 aliphatic heterocycles. The van der Waals surface area contributed by atoms with Crippen molar-refractivity contribution < 1.29 is 4.74 Å². The summed E-state index contributed by atoms with van der Waals surface area (Å²) in [5.74, 6) is 0.897. The molecule has 0 saturated carbocycles. The molecule has 0 unspecified atom stereocenters. The van der Waals surface area contributed by atoms with E-state index in [-0.39, 0.29) is 0 Å². The smallest absolute Gasteiger partial charge is 0.122 e. The van der Waals surface area contributed by atoms with E-state index in [2.05, 4.69) is 25.2 Å². The van der Waals surface area contributed by atoms with Crippen LogP contribution in [0.5, 0.6) is 5.75 Å². The molecule has 2 aromatic rings. The summed E-state index contributed by atoms with van der Waals surface area (Å²) in [6.07, 6.45) is 0. The van der Waals surface area contributed by atoms with Crippen molar-refractivity contribution in [2.75, 3.05) is 6.54 Å². The Morgan fingerprint density at radius 1 is 1.25 bits per heavy atom. The molecule has 1 aromatic heterocycles. The fourth-order valence-corrected chi connectivity index (χ4v) is 3.24. The van der Waals surface area contributed by atoms with E-state index in [1.165, 1.54) is 15.3 Å². The molecule has 0 aliphatic carbocycles. The summed E-state index contributed by atoms with van der Waals surface area (Å²) in [6.45, 7) is 8.81. The first kappa shape index (κ1) is 15.4. The molecule has 0 amide bonds. The molecule has 0 aliphatic rings. The predicted octanol–water partition coefficient (Wildman–Crippen LogP) is 4.71. The molecular weight excluding hydrogens is 290 g/mol. The second kappa shape index (κ2) is 7.11. The van der Waals surface area contributed by atoms with Crippen LogP contribution in [-0.4, -0.2) is 6.54 Å². The predicted molar refractivity (Wildman–Crippen MR) is 87.0 cm³/mol. The van der Waals surface area contributed by atoms with Gasteiger partial charge in [-0.2, -0.15) is 0 Å². The average Bonchev–Trinajstić information content (AvgIpc) is 2.76. The van der Waals surface area contributed by atoms with Gasteiger partial charge < -0.3 is 10.1 Å². The van der Waals surface area contributed by atoms with Crippen molar-refractivity contribution in [1.29, 1.82) is 0 Å². The standard InChI is InChI=1S/C16H20ClNOS/c1-4-18-9-15-8-13(12(3)20-15)10-19-16-6-5-14(17)7-11(16)2/h5-8,18H,4,9-10H2,1-3H3.